The second kappa shape index (κ2) is 9.97. The van der Waals surface area contributed by atoms with E-state index in [9.17, 15) is 0 Å². The fourth-order valence-corrected chi connectivity index (χ4v) is 2.76. The summed E-state index contributed by atoms with van der Waals surface area (Å²) in [5.74, 6) is 3.65. The van der Waals surface area contributed by atoms with Crippen LogP contribution in [-0.4, -0.2) is 0 Å². The Balaban J connectivity index is 3.52. The summed E-state index contributed by atoms with van der Waals surface area (Å²) < 4.78 is 0. The molecule has 0 aromatic heterocycles. The monoisotopic (exact) mass is 240 g/mol. The fraction of sp³-hybridized carbons (Fsp3) is 1.00. The van der Waals surface area contributed by atoms with Crippen molar-refractivity contribution >= 4 is 0 Å². The van der Waals surface area contributed by atoms with Crippen molar-refractivity contribution in [2.24, 2.45) is 23.7 Å². The predicted octanol–water partition coefficient (Wildman–Crippen LogP) is 6.30. The van der Waals surface area contributed by atoms with Gasteiger partial charge in [-0.2, -0.15) is 0 Å². The lowest BCUT2D eigenvalue weighted by Crippen LogP contribution is -2.08. The number of rotatable bonds is 10. The van der Waals surface area contributed by atoms with Gasteiger partial charge < -0.3 is 0 Å². The maximum atomic E-state index is 2.44. The van der Waals surface area contributed by atoms with Gasteiger partial charge in [0.2, 0.25) is 0 Å². The summed E-state index contributed by atoms with van der Waals surface area (Å²) in [6.07, 6.45) is 9.98. The van der Waals surface area contributed by atoms with Crippen molar-refractivity contribution in [3.63, 3.8) is 0 Å². The van der Waals surface area contributed by atoms with E-state index >= 15 is 0 Å². The number of hydrogen-bond acceptors (Lipinski definition) is 0. The Hall–Kier alpha value is 0. The third kappa shape index (κ3) is 9.68. The Morgan fingerprint density at radius 1 is 0.706 bits per heavy atom. The van der Waals surface area contributed by atoms with Crippen LogP contribution in [0.25, 0.3) is 0 Å². The average molecular weight is 240 g/mol. The maximum absolute atomic E-state index is 2.44. The number of hydrogen-bond donors (Lipinski definition) is 0. The van der Waals surface area contributed by atoms with Crippen LogP contribution in [0, 0.1) is 23.7 Å². The predicted molar refractivity (Wildman–Crippen MR) is 80.3 cm³/mol. The van der Waals surface area contributed by atoms with Crippen LogP contribution in [-0.2, 0) is 0 Å². The summed E-state index contributed by atoms with van der Waals surface area (Å²) in [5.41, 5.74) is 0. The zero-order valence-electron chi connectivity index (χ0n) is 13.3. The van der Waals surface area contributed by atoms with Crippen LogP contribution in [0.3, 0.4) is 0 Å². The first kappa shape index (κ1) is 17.0. The molecule has 0 aliphatic rings. The van der Waals surface area contributed by atoms with Crippen LogP contribution < -0.4 is 0 Å². The Labute approximate surface area is 111 Å². The van der Waals surface area contributed by atoms with Gasteiger partial charge in [-0.05, 0) is 23.7 Å². The minimum absolute atomic E-state index is 0.872. The molecule has 0 radical (unpaired) electrons. The van der Waals surface area contributed by atoms with Crippen molar-refractivity contribution in [2.45, 2.75) is 86.5 Å². The Morgan fingerprint density at radius 3 is 1.65 bits per heavy atom. The van der Waals surface area contributed by atoms with Gasteiger partial charge in [0.25, 0.3) is 0 Å². The SMILES string of the molecule is CCC(CCCC(C)CCCC(C)C)C(C)C. The topological polar surface area (TPSA) is 0 Å². The van der Waals surface area contributed by atoms with Crippen molar-refractivity contribution in [3.8, 4) is 0 Å². The molecule has 0 aliphatic carbocycles. The molecule has 0 aliphatic heterocycles. The van der Waals surface area contributed by atoms with Crippen LogP contribution in [0.4, 0.5) is 0 Å². The molecule has 0 N–H and O–H groups in total. The fourth-order valence-electron chi connectivity index (χ4n) is 2.76. The summed E-state index contributed by atoms with van der Waals surface area (Å²) in [7, 11) is 0. The van der Waals surface area contributed by atoms with Crippen LogP contribution in [0.2, 0.25) is 0 Å². The van der Waals surface area contributed by atoms with Crippen molar-refractivity contribution in [1.82, 2.24) is 0 Å². The summed E-state index contributed by atoms with van der Waals surface area (Å²) in [4.78, 5) is 0. The molecular weight excluding hydrogens is 204 g/mol. The second-order valence-corrected chi connectivity index (χ2v) is 6.77. The molecule has 0 aromatic rings. The Bertz CT molecular complexity index is 157. The van der Waals surface area contributed by atoms with E-state index in [1.165, 1.54) is 44.9 Å². The zero-order valence-corrected chi connectivity index (χ0v) is 13.3. The van der Waals surface area contributed by atoms with E-state index in [-0.39, 0.29) is 0 Å². The van der Waals surface area contributed by atoms with Gasteiger partial charge in [-0.3, -0.25) is 0 Å². The van der Waals surface area contributed by atoms with Crippen molar-refractivity contribution in [3.05, 3.63) is 0 Å². The van der Waals surface area contributed by atoms with E-state index in [1.54, 1.807) is 0 Å². The molecule has 0 aromatic carbocycles. The molecule has 0 bridgehead atoms. The summed E-state index contributed by atoms with van der Waals surface area (Å²) >= 11 is 0. The zero-order chi connectivity index (χ0) is 13.3. The van der Waals surface area contributed by atoms with E-state index in [1.807, 2.05) is 0 Å². The lowest BCUT2D eigenvalue weighted by molar-refractivity contribution is 0.321. The smallest absolute Gasteiger partial charge is 0.0394 e. The first-order chi connectivity index (χ1) is 7.97. The second-order valence-electron chi connectivity index (χ2n) is 6.77. The normalized spacial score (nSPS) is 15.5. The van der Waals surface area contributed by atoms with Gasteiger partial charge in [-0.15, -0.1) is 0 Å². The third-order valence-electron chi connectivity index (χ3n) is 4.22. The lowest BCUT2D eigenvalue weighted by Gasteiger charge is -2.20. The van der Waals surface area contributed by atoms with E-state index in [0.717, 1.165) is 23.7 Å². The minimum Gasteiger partial charge on any atom is -0.0651 e. The largest absolute Gasteiger partial charge is 0.0651 e. The van der Waals surface area contributed by atoms with E-state index in [0.29, 0.717) is 0 Å². The molecule has 0 nitrogen and oxygen atoms in total. The molecule has 0 heteroatoms. The summed E-state index contributed by atoms with van der Waals surface area (Å²) in [6.45, 7) is 14.2. The highest BCUT2D eigenvalue weighted by Crippen LogP contribution is 2.24. The first-order valence-corrected chi connectivity index (χ1v) is 7.97. The van der Waals surface area contributed by atoms with E-state index in [2.05, 4.69) is 41.5 Å². The highest BCUT2D eigenvalue weighted by Gasteiger charge is 2.11. The third-order valence-corrected chi connectivity index (χ3v) is 4.22. The maximum Gasteiger partial charge on any atom is -0.0394 e. The highest BCUT2D eigenvalue weighted by molar-refractivity contribution is 4.63. The van der Waals surface area contributed by atoms with Gasteiger partial charge in [0.05, 0.1) is 0 Å². The molecule has 17 heavy (non-hydrogen) atoms. The van der Waals surface area contributed by atoms with E-state index in [4.69, 9.17) is 0 Å². The molecule has 0 fully saturated rings. The van der Waals surface area contributed by atoms with Crippen LogP contribution >= 0.6 is 0 Å². The van der Waals surface area contributed by atoms with Gasteiger partial charge in [-0.1, -0.05) is 86.5 Å². The summed E-state index contributed by atoms with van der Waals surface area (Å²) in [6, 6.07) is 0. The molecule has 0 saturated carbocycles. The van der Waals surface area contributed by atoms with Gasteiger partial charge in [-0.25, -0.2) is 0 Å². The lowest BCUT2D eigenvalue weighted by atomic mass is 9.86. The molecule has 0 saturated heterocycles. The molecule has 0 amide bonds. The van der Waals surface area contributed by atoms with Crippen molar-refractivity contribution in [2.75, 3.05) is 0 Å². The minimum atomic E-state index is 0.872. The van der Waals surface area contributed by atoms with E-state index < -0.39 is 0 Å². The quantitative estimate of drug-likeness (QED) is 0.420. The average Bonchev–Trinajstić information content (AvgIpc) is 2.23. The molecule has 2 atom stereocenters. The molecule has 2 unspecified atom stereocenters. The molecule has 0 heterocycles. The molecule has 104 valence electrons. The Kier molecular flexibility index (Phi) is 9.97. The first-order valence-electron chi connectivity index (χ1n) is 7.97. The molecule has 0 spiro atoms. The van der Waals surface area contributed by atoms with Crippen molar-refractivity contribution in [1.29, 1.82) is 0 Å². The Morgan fingerprint density at radius 2 is 1.24 bits per heavy atom. The van der Waals surface area contributed by atoms with Gasteiger partial charge in [0.1, 0.15) is 0 Å². The summed E-state index contributed by atoms with van der Waals surface area (Å²) in [5, 5.41) is 0. The van der Waals surface area contributed by atoms with Gasteiger partial charge >= 0.3 is 0 Å². The van der Waals surface area contributed by atoms with Gasteiger partial charge in [0, 0.05) is 0 Å². The highest BCUT2D eigenvalue weighted by atomic mass is 14.2. The van der Waals surface area contributed by atoms with Crippen LogP contribution in [0.1, 0.15) is 86.5 Å². The molecular formula is C17H36. The van der Waals surface area contributed by atoms with Crippen LogP contribution in [0.5, 0.6) is 0 Å². The van der Waals surface area contributed by atoms with Crippen molar-refractivity contribution < 1.29 is 0 Å². The standard InChI is InChI=1S/C17H36/c1-7-17(15(4)5)13-9-12-16(6)11-8-10-14(2)3/h14-17H,7-13H2,1-6H3. The van der Waals surface area contributed by atoms with Gasteiger partial charge in [0.15, 0.2) is 0 Å². The van der Waals surface area contributed by atoms with Crippen LogP contribution in [0.15, 0.2) is 0 Å². The molecule has 0 rings (SSSR count).